The smallest absolute Gasteiger partial charge is 0.0620 e. The van der Waals surface area contributed by atoms with Crippen LogP contribution < -0.4 is 4.98 Å². The van der Waals surface area contributed by atoms with Crippen molar-refractivity contribution in [3.8, 4) is 22.1 Å². The Kier molecular flexibility index (Phi) is 6.60. The maximum atomic E-state index is 4.32. The fourth-order valence-corrected chi connectivity index (χ4v) is 3.21. The van der Waals surface area contributed by atoms with Crippen LogP contribution >= 0.6 is 11.3 Å². The van der Waals surface area contributed by atoms with Crippen LogP contribution in [-0.2, 0) is 20.1 Å². The predicted octanol–water partition coefficient (Wildman–Crippen LogP) is 4.86. The maximum Gasteiger partial charge on any atom is 0.0620 e. The van der Waals surface area contributed by atoms with Gasteiger partial charge in [0.1, 0.15) is 0 Å². The first-order valence-electron chi connectivity index (χ1n) is 8.06. The number of thiazole rings is 1. The molecule has 0 spiro atoms. The predicted molar refractivity (Wildman–Crippen MR) is 105 cm³/mol. The van der Waals surface area contributed by atoms with E-state index in [1.807, 2.05) is 48.0 Å². The van der Waals surface area contributed by atoms with E-state index in [-0.39, 0.29) is 20.1 Å². The third kappa shape index (κ3) is 4.55. The van der Waals surface area contributed by atoms with Crippen LogP contribution in [0.4, 0.5) is 0 Å². The summed E-state index contributed by atoms with van der Waals surface area (Å²) in [4.78, 5) is 16.4. The molecule has 135 valence electrons. The van der Waals surface area contributed by atoms with E-state index in [0.29, 0.717) is 5.82 Å². The first-order valence-corrected chi connectivity index (χ1v) is 8.94. The van der Waals surface area contributed by atoms with Gasteiger partial charge in [0.15, 0.2) is 0 Å². The zero-order valence-corrected chi connectivity index (χ0v) is 17.3. The zero-order valence-electron chi connectivity index (χ0n) is 14.1. The third-order valence-electron chi connectivity index (χ3n) is 3.72. The van der Waals surface area contributed by atoms with Gasteiger partial charge in [-0.3, -0.25) is 9.97 Å². The molecule has 5 rings (SSSR count). The van der Waals surface area contributed by atoms with Crippen molar-refractivity contribution in [2.75, 3.05) is 0 Å². The molecular formula is C21H14IrN4S-2. The molecule has 0 fully saturated rings. The van der Waals surface area contributed by atoms with Crippen molar-refractivity contribution in [1.82, 2.24) is 19.9 Å². The summed E-state index contributed by atoms with van der Waals surface area (Å²) in [6.45, 7) is 0. The minimum Gasteiger partial charge on any atom is -0.441 e. The summed E-state index contributed by atoms with van der Waals surface area (Å²) in [5.41, 5.74) is 1.92. The molecule has 3 aromatic heterocycles. The van der Waals surface area contributed by atoms with Crippen LogP contribution in [-0.4, -0.2) is 15.0 Å². The van der Waals surface area contributed by atoms with Gasteiger partial charge >= 0.3 is 0 Å². The second-order valence-electron chi connectivity index (χ2n) is 5.37. The van der Waals surface area contributed by atoms with Gasteiger partial charge in [0.25, 0.3) is 0 Å². The van der Waals surface area contributed by atoms with Crippen LogP contribution in [0.15, 0.2) is 84.8 Å². The molecular weight excluding hydrogens is 533 g/mol. The first kappa shape index (κ1) is 19.1. The molecule has 0 unspecified atom stereocenters. The second-order valence-corrected chi connectivity index (χ2v) is 6.27. The molecule has 0 N–H and O–H groups in total. The Balaban J connectivity index is 0.000000157. The molecule has 0 aliphatic heterocycles. The molecule has 0 amide bonds. The number of hydrogen-bond donors (Lipinski definition) is 0. The van der Waals surface area contributed by atoms with E-state index in [9.17, 15) is 0 Å². The minimum atomic E-state index is 0. The van der Waals surface area contributed by atoms with Crippen molar-refractivity contribution in [1.29, 1.82) is 0 Å². The van der Waals surface area contributed by atoms with Gasteiger partial charge in [-0.15, -0.1) is 29.1 Å². The van der Waals surface area contributed by atoms with Gasteiger partial charge in [-0.2, -0.15) is 11.3 Å². The summed E-state index contributed by atoms with van der Waals surface area (Å²) in [7, 11) is 0. The van der Waals surface area contributed by atoms with Gasteiger partial charge in [0.2, 0.25) is 0 Å². The van der Waals surface area contributed by atoms with Crippen LogP contribution in [0, 0.1) is 6.07 Å². The Hall–Kier alpha value is -2.66. The van der Waals surface area contributed by atoms with Crippen molar-refractivity contribution in [3.05, 3.63) is 90.8 Å². The molecule has 0 saturated heterocycles. The number of fused-ring (bicyclic) bond motifs is 1. The topological polar surface area (TPSA) is 52.8 Å². The van der Waals surface area contributed by atoms with E-state index >= 15 is 0 Å². The molecule has 0 aliphatic carbocycles. The fraction of sp³-hybridized carbons (Fsp3) is 0. The summed E-state index contributed by atoms with van der Waals surface area (Å²) >= 11 is 1.65. The standard InChI is InChI=1S/C13H8NS.C8H6N3.Ir/c1-2-6-11-10(4-1)5-3-7-12(11)13-14-8-9-15-13;1-2-4-9-7(3-1)8-10-5-6-11-8;/h1-6,8-9H;1-6H;/q2*-1;. The van der Waals surface area contributed by atoms with Gasteiger partial charge in [-0.05, 0) is 18.0 Å². The van der Waals surface area contributed by atoms with Gasteiger partial charge in [0.05, 0.1) is 5.69 Å². The van der Waals surface area contributed by atoms with Crippen LogP contribution in [0.1, 0.15) is 0 Å². The first-order chi connectivity index (χ1) is 12.9. The number of imidazole rings is 1. The Labute approximate surface area is 174 Å². The Bertz CT molecular complexity index is 1070. The quantitative estimate of drug-likeness (QED) is 0.297. The van der Waals surface area contributed by atoms with Gasteiger partial charge in [0, 0.05) is 42.9 Å². The summed E-state index contributed by atoms with van der Waals surface area (Å²) in [6.07, 6.45) is 6.87. The average molecular weight is 547 g/mol. The molecule has 4 nitrogen and oxygen atoms in total. The van der Waals surface area contributed by atoms with Crippen LogP contribution in [0.5, 0.6) is 0 Å². The summed E-state index contributed by atoms with van der Waals surface area (Å²) < 4.78 is 0. The van der Waals surface area contributed by atoms with Crippen molar-refractivity contribution in [2.45, 2.75) is 0 Å². The SMILES string of the molecule is [Ir].[c-]1ccc2ccccc2c1-c1nccs1.c1ccc(-c2ncc[n-]2)nc1. The average Bonchev–Trinajstić information content (AvgIpc) is 3.43. The van der Waals surface area contributed by atoms with E-state index in [1.54, 1.807) is 29.9 Å². The maximum absolute atomic E-state index is 4.32. The van der Waals surface area contributed by atoms with Gasteiger partial charge < -0.3 is 9.97 Å². The number of benzene rings is 2. The normalized spacial score (nSPS) is 9.93. The molecule has 3 heterocycles. The summed E-state index contributed by atoms with van der Waals surface area (Å²) in [5, 5.41) is 5.48. The van der Waals surface area contributed by atoms with E-state index in [0.717, 1.165) is 16.3 Å². The van der Waals surface area contributed by atoms with Crippen LogP contribution in [0.25, 0.3) is 32.9 Å². The number of aromatic nitrogens is 4. The molecule has 6 heteroatoms. The van der Waals surface area contributed by atoms with Crippen molar-refractivity contribution in [3.63, 3.8) is 0 Å². The van der Waals surface area contributed by atoms with Crippen LogP contribution in [0.3, 0.4) is 0 Å². The molecule has 0 aliphatic rings. The Morgan fingerprint density at radius 2 is 1.74 bits per heavy atom. The van der Waals surface area contributed by atoms with E-state index in [2.05, 4.69) is 44.2 Å². The van der Waals surface area contributed by atoms with Crippen LogP contribution in [0.2, 0.25) is 0 Å². The van der Waals surface area contributed by atoms with E-state index < -0.39 is 0 Å². The van der Waals surface area contributed by atoms with Crippen molar-refractivity contribution < 1.29 is 20.1 Å². The van der Waals surface area contributed by atoms with Gasteiger partial charge in [-0.25, -0.2) is 0 Å². The monoisotopic (exact) mass is 547 g/mol. The molecule has 27 heavy (non-hydrogen) atoms. The Morgan fingerprint density at radius 3 is 2.48 bits per heavy atom. The molecule has 2 aromatic carbocycles. The zero-order chi connectivity index (χ0) is 17.6. The molecule has 1 radical (unpaired) electrons. The molecule has 0 bridgehead atoms. The molecule has 0 saturated carbocycles. The minimum absolute atomic E-state index is 0. The molecule has 5 aromatic rings. The van der Waals surface area contributed by atoms with E-state index in [1.165, 1.54) is 10.8 Å². The summed E-state index contributed by atoms with van der Waals surface area (Å²) in [6, 6.07) is 21.3. The second kappa shape index (κ2) is 9.33. The van der Waals surface area contributed by atoms with Crippen molar-refractivity contribution >= 4 is 22.1 Å². The number of rotatable bonds is 2. The number of nitrogens with zero attached hydrogens (tertiary/aromatic N) is 4. The third-order valence-corrected chi connectivity index (χ3v) is 4.51. The Morgan fingerprint density at radius 1 is 0.852 bits per heavy atom. The number of hydrogen-bond acceptors (Lipinski definition) is 4. The number of pyridine rings is 1. The fourth-order valence-electron chi connectivity index (χ4n) is 2.55. The van der Waals surface area contributed by atoms with Crippen molar-refractivity contribution in [2.24, 2.45) is 0 Å². The summed E-state index contributed by atoms with van der Waals surface area (Å²) in [5.74, 6) is 0.686. The molecule has 0 atom stereocenters. The largest absolute Gasteiger partial charge is 0.441 e. The van der Waals surface area contributed by atoms with E-state index in [4.69, 9.17) is 0 Å². The van der Waals surface area contributed by atoms with Gasteiger partial charge in [-0.1, -0.05) is 48.1 Å².